The van der Waals surface area contributed by atoms with Gasteiger partial charge in [-0.2, -0.15) is 0 Å². The topological polar surface area (TPSA) is 21.3 Å². The maximum Gasteiger partial charge on any atom is 0.156 e. The molecule has 0 radical (unpaired) electrons. The quantitative estimate of drug-likeness (QED) is 0.788. The molecular formula is C13H19Cl2NO. The molecule has 0 heterocycles. The second kappa shape index (κ2) is 6.48. The van der Waals surface area contributed by atoms with E-state index in [9.17, 15) is 0 Å². The molecule has 2 nitrogen and oxygen atoms in total. The predicted molar refractivity (Wildman–Crippen MR) is 74.3 cm³/mol. The number of ether oxygens (including phenoxy) is 1. The molecule has 0 aromatic heterocycles. The minimum atomic E-state index is 0.133. The third kappa shape index (κ3) is 4.74. The van der Waals surface area contributed by atoms with Gasteiger partial charge in [0.25, 0.3) is 0 Å². The maximum atomic E-state index is 6.00. The van der Waals surface area contributed by atoms with E-state index in [0.717, 1.165) is 13.0 Å². The molecule has 1 rings (SSSR count). The Morgan fingerprint density at radius 1 is 1.24 bits per heavy atom. The van der Waals surface area contributed by atoms with Crippen LogP contribution in [0.5, 0.6) is 5.75 Å². The molecule has 96 valence electrons. The standard InChI is InChI=1S/C13H19Cl2NO/c1-4-13(2,3)16-8-9-17-12-10(14)6-5-7-11(12)15/h5-7,16H,4,8-9H2,1-3H3. The van der Waals surface area contributed by atoms with Crippen LogP contribution >= 0.6 is 23.2 Å². The second-order valence-electron chi connectivity index (χ2n) is 4.56. The highest BCUT2D eigenvalue weighted by Crippen LogP contribution is 2.32. The molecule has 0 bridgehead atoms. The summed E-state index contributed by atoms with van der Waals surface area (Å²) in [6.07, 6.45) is 1.07. The molecule has 0 spiro atoms. The van der Waals surface area contributed by atoms with Gasteiger partial charge in [0.2, 0.25) is 0 Å². The van der Waals surface area contributed by atoms with Gasteiger partial charge in [-0.1, -0.05) is 36.2 Å². The summed E-state index contributed by atoms with van der Waals surface area (Å²) < 4.78 is 5.58. The Morgan fingerprint density at radius 2 is 1.82 bits per heavy atom. The molecule has 17 heavy (non-hydrogen) atoms. The Bertz CT molecular complexity index is 346. The molecule has 0 saturated heterocycles. The van der Waals surface area contributed by atoms with Crippen LogP contribution in [-0.4, -0.2) is 18.7 Å². The van der Waals surface area contributed by atoms with E-state index in [4.69, 9.17) is 27.9 Å². The van der Waals surface area contributed by atoms with E-state index < -0.39 is 0 Å². The number of para-hydroxylation sites is 1. The van der Waals surface area contributed by atoms with Crippen molar-refractivity contribution in [2.24, 2.45) is 0 Å². The van der Waals surface area contributed by atoms with Crippen LogP contribution in [0.15, 0.2) is 18.2 Å². The van der Waals surface area contributed by atoms with Gasteiger partial charge in [0.1, 0.15) is 6.61 Å². The minimum absolute atomic E-state index is 0.133. The highest BCUT2D eigenvalue weighted by atomic mass is 35.5. The first-order valence-electron chi connectivity index (χ1n) is 5.78. The van der Waals surface area contributed by atoms with Gasteiger partial charge in [-0.25, -0.2) is 0 Å². The smallest absolute Gasteiger partial charge is 0.156 e. The minimum Gasteiger partial charge on any atom is -0.489 e. The average molecular weight is 276 g/mol. The van der Waals surface area contributed by atoms with Crippen molar-refractivity contribution in [3.05, 3.63) is 28.2 Å². The average Bonchev–Trinajstić information content (AvgIpc) is 2.27. The summed E-state index contributed by atoms with van der Waals surface area (Å²) >= 11 is 12.0. The molecule has 0 unspecified atom stereocenters. The summed E-state index contributed by atoms with van der Waals surface area (Å²) in [7, 11) is 0. The van der Waals surface area contributed by atoms with Crippen LogP contribution in [0.25, 0.3) is 0 Å². The number of hydrogen-bond donors (Lipinski definition) is 1. The fourth-order valence-corrected chi connectivity index (χ4v) is 1.79. The number of benzene rings is 1. The Labute approximate surface area is 113 Å². The van der Waals surface area contributed by atoms with E-state index in [1.807, 2.05) is 0 Å². The highest BCUT2D eigenvalue weighted by molar-refractivity contribution is 6.37. The molecular weight excluding hydrogens is 257 g/mol. The summed E-state index contributed by atoms with van der Waals surface area (Å²) in [6, 6.07) is 5.34. The monoisotopic (exact) mass is 275 g/mol. The predicted octanol–water partition coefficient (Wildman–Crippen LogP) is 4.15. The van der Waals surface area contributed by atoms with Gasteiger partial charge in [-0.15, -0.1) is 0 Å². The molecule has 0 aliphatic heterocycles. The zero-order valence-corrected chi connectivity index (χ0v) is 12.0. The third-order valence-corrected chi connectivity index (χ3v) is 3.35. The van der Waals surface area contributed by atoms with Crippen LogP contribution in [-0.2, 0) is 0 Å². The molecule has 0 saturated carbocycles. The third-order valence-electron chi connectivity index (χ3n) is 2.75. The Balaban J connectivity index is 2.42. The van der Waals surface area contributed by atoms with E-state index >= 15 is 0 Å². The Kier molecular flexibility index (Phi) is 5.57. The van der Waals surface area contributed by atoms with Crippen molar-refractivity contribution in [1.29, 1.82) is 0 Å². The first kappa shape index (κ1) is 14.6. The van der Waals surface area contributed by atoms with Gasteiger partial charge in [0, 0.05) is 12.1 Å². The summed E-state index contributed by atoms with van der Waals surface area (Å²) in [5.74, 6) is 0.562. The zero-order chi connectivity index (χ0) is 12.9. The van der Waals surface area contributed by atoms with Crippen LogP contribution in [0.3, 0.4) is 0 Å². The summed E-state index contributed by atoms with van der Waals surface area (Å²) in [6.45, 7) is 7.79. The van der Waals surface area contributed by atoms with Crippen LogP contribution in [0.4, 0.5) is 0 Å². The normalized spacial score (nSPS) is 11.6. The summed E-state index contributed by atoms with van der Waals surface area (Å²) in [5, 5.41) is 4.50. The lowest BCUT2D eigenvalue weighted by molar-refractivity contribution is 0.281. The van der Waals surface area contributed by atoms with Gasteiger partial charge >= 0.3 is 0 Å². The number of rotatable bonds is 6. The van der Waals surface area contributed by atoms with Crippen LogP contribution < -0.4 is 10.1 Å². The van der Waals surface area contributed by atoms with Gasteiger partial charge in [0.15, 0.2) is 5.75 Å². The van der Waals surface area contributed by atoms with Crippen molar-refractivity contribution >= 4 is 23.2 Å². The van der Waals surface area contributed by atoms with Crippen molar-refractivity contribution in [1.82, 2.24) is 5.32 Å². The zero-order valence-electron chi connectivity index (χ0n) is 10.5. The number of nitrogens with one attached hydrogen (secondary N) is 1. The fraction of sp³-hybridized carbons (Fsp3) is 0.538. The van der Waals surface area contributed by atoms with Crippen LogP contribution in [0.1, 0.15) is 27.2 Å². The number of halogens is 2. The fourth-order valence-electron chi connectivity index (χ4n) is 1.29. The molecule has 0 amide bonds. The molecule has 0 aliphatic carbocycles. The highest BCUT2D eigenvalue weighted by Gasteiger charge is 2.13. The second-order valence-corrected chi connectivity index (χ2v) is 5.38. The summed E-state index contributed by atoms with van der Waals surface area (Å²) in [5.41, 5.74) is 0.133. The van der Waals surface area contributed by atoms with Gasteiger partial charge in [0.05, 0.1) is 10.0 Å². The molecule has 4 heteroatoms. The maximum absolute atomic E-state index is 6.00. The first-order chi connectivity index (χ1) is 7.96. The van der Waals surface area contributed by atoms with E-state index in [1.165, 1.54) is 0 Å². The van der Waals surface area contributed by atoms with Crippen molar-refractivity contribution in [3.63, 3.8) is 0 Å². The van der Waals surface area contributed by atoms with E-state index in [2.05, 4.69) is 26.1 Å². The Hall–Kier alpha value is -0.440. The number of hydrogen-bond acceptors (Lipinski definition) is 2. The van der Waals surface area contributed by atoms with E-state index in [-0.39, 0.29) is 5.54 Å². The molecule has 0 atom stereocenters. The molecule has 0 fully saturated rings. The van der Waals surface area contributed by atoms with Gasteiger partial charge in [-0.05, 0) is 32.4 Å². The van der Waals surface area contributed by atoms with Crippen molar-refractivity contribution in [2.75, 3.05) is 13.2 Å². The summed E-state index contributed by atoms with van der Waals surface area (Å²) in [4.78, 5) is 0. The van der Waals surface area contributed by atoms with Crippen LogP contribution in [0, 0.1) is 0 Å². The van der Waals surface area contributed by atoms with Gasteiger partial charge in [-0.3, -0.25) is 0 Å². The molecule has 1 N–H and O–H groups in total. The van der Waals surface area contributed by atoms with E-state index in [1.54, 1.807) is 18.2 Å². The van der Waals surface area contributed by atoms with Crippen LogP contribution in [0.2, 0.25) is 10.0 Å². The molecule has 1 aromatic rings. The van der Waals surface area contributed by atoms with Gasteiger partial charge < -0.3 is 10.1 Å². The van der Waals surface area contributed by atoms with E-state index in [0.29, 0.717) is 22.4 Å². The SMILES string of the molecule is CCC(C)(C)NCCOc1c(Cl)cccc1Cl. The lowest BCUT2D eigenvalue weighted by atomic mass is 10.0. The van der Waals surface area contributed by atoms with Crippen molar-refractivity contribution < 1.29 is 4.74 Å². The molecule has 1 aromatic carbocycles. The lowest BCUT2D eigenvalue weighted by Crippen LogP contribution is -2.40. The lowest BCUT2D eigenvalue weighted by Gasteiger charge is -2.24. The molecule has 0 aliphatic rings. The van der Waals surface area contributed by atoms with Crippen molar-refractivity contribution in [2.45, 2.75) is 32.7 Å². The Morgan fingerprint density at radius 3 is 2.35 bits per heavy atom. The van der Waals surface area contributed by atoms with Crippen molar-refractivity contribution in [3.8, 4) is 5.75 Å². The first-order valence-corrected chi connectivity index (χ1v) is 6.53. The largest absolute Gasteiger partial charge is 0.489 e.